The number of benzene rings is 3. The Bertz CT molecular complexity index is 1050. The number of rotatable bonds is 8. The minimum atomic E-state index is -0.596. The van der Waals surface area contributed by atoms with Crippen molar-refractivity contribution in [3.8, 4) is 0 Å². The molecular weight excluding hydrogens is 380 g/mol. The van der Waals surface area contributed by atoms with Crippen molar-refractivity contribution in [2.75, 3.05) is 10.7 Å². The molecule has 7 nitrogen and oxygen atoms in total. The average molecular weight is 400 g/mol. The van der Waals surface area contributed by atoms with E-state index in [0.29, 0.717) is 16.9 Å². The van der Waals surface area contributed by atoms with Crippen LogP contribution in [0.5, 0.6) is 0 Å². The van der Waals surface area contributed by atoms with Crippen LogP contribution < -0.4 is 10.7 Å². The van der Waals surface area contributed by atoms with Crippen LogP contribution in [0.15, 0.2) is 95.2 Å². The van der Waals surface area contributed by atoms with Crippen LogP contribution in [0.25, 0.3) is 0 Å². The van der Waals surface area contributed by atoms with Crippen LogP contribution in [-0.4, -0.2) is 28.8 Å². The fourth-order valence-electron chi connectivity index (χ4n) is 2.67. The summed E-state index contributed by atoms with van der Waals surface area (Å²) in [5.41, 5.74) is 5.50. The number of hydrogen-bond acceptors (Lipinski definition) is 6. The number of hydrazone groups is 1. The highest BCUT2D eigenvalue weighted by Crippen LogP contribution is 2.10. The first kappa shape index (κ1) is 20.5. The van der Waals surface area contributed by atoms with Crippen LogP contribution in [0.2, 0.25) is 0 Å². The second-order valence-electron chi connectivity index (χ2n) is 6.34. The molecule has 0 heterocycles. The van der Waals surface area contributed by atoms with Crippen molar-refractivity contribution in [1.29, 1.82) is 0 Å². The van der Waals surface area contributed by atoms with Gasteiger partial charge in [0.15, 0.2) is 5.71 Å². The lowest BCUT2D eigenvalue weighted by molar-refractivity contribution is -0.110. The molecule has 0 saturated heterocycles. The van der Waals surface area contributed by atoms with Crippen LogP contribution >= 0.6 is 0 Å². The normalized spacial score (nSPS) is 11.6. The lowest BCUT2D eigenvalue weighted by Crippen LogP contribution is -2.32. The quantitative estimate of drug-likeness (QED) is 0.230. The molecule has 0 aromatic heterocycles. The molecule has 0 aliphatic carbocycles. The van der Waals surface area contributed by atoms with E-state index in [-0.39, 0.29) is 17.8 Å². The first-order valence-electron chi connectivity index (χ1n) is 9.20. The lowest BCUT2D eigenvalue weighted by Gasteiger charge is -2.11. The van der Waals surface area contributed by atoms with Crippen molar-refractivity contribution < 1.29 is 14.8 Å². The van der Waals surface area contributed by atoms with Gasteiger partial charge in [0, 0.05) is 17.7 Å². The molecular formula is C23H20N4O3. The van der Waals surface area contributed by atoms with E-state index in [1.165, 1.54) is 0 Å². The second kappa shape index (κ2) is 10.3. The Kier molecular flexibility index (Phi) is 7.05. The number of carbonyl (C=O) groups is 2. The number of hydrogen-bond donors (Lipinski definition) is 3. The van der Waals surface area contributed by atoms with E-state index >= 15 is 0 Å². The van der Waals surface area contributed by atoms with Gasteiger partial charge in [-0.2, -0.15) is 5.10 Å². The zero-order valence-corrected chi connectivity index (χ0v) is 16.0. The average Bonchev–Trinajstić information content (AvgIpc) is 2.79. The number of nitrogens with one attached hydrogen (secondary N) is 2. The Morgan fingerprint density at radius 2 is 1.47 bits per heavy atom. The molecule has 3 aromatic rings. The summed E-state index contributed by atoms with van der Waals surface area (Å²) in [6, 6.07) is 24.9. The summed E-state index contributed by atoms with van der Waals surface area (Å²) >= 11 is 0. The zero-order chi connectivity index (χ0) is 21.2. The van der Waals surface area contributed by atoms with Gasteiger partial charge in [0.05, 0.1) is 11.4 Å². The SMILES string of the molecule is O=Cc1ccc(CC(=N\Nc2ccccc2)/C(=N/O)C(=O)Nc2ccccc2)cc1. The predicted molar refractivity (Wildman–Crippen MR) is 117 cm³/mol. The van der Waals surface area contributed by atoms with Crippen LogP contribution in [0.4, 0.5) is 11.4 Å². The number of anilines is 2. The summed E-state index contributed by atoms with van der Waals surface area (Å²) in [5.74, 6) is -0.596. The van der Waals surface area contributed by atoms with Crippen molar-refractivity contribution >= 4 is 35.0 Å². The Labute approximate surface area is 173 Å². The maximum atomic E-state index is 12.7. The van der Waals surface area contributed by atoms with Gasteiger partial charge in [-0.1, -0.05) is 65.8 Å². The van der Waals surface area contributed by atoms with Crippen molar-refractivity contribution in [1.82, 2.24) is 0 Å². The van der Waals surface area contributed by atoms with E-state index in [9.17, 15) is 14.8 Å². The number of para-hydroxylation sites is 2. The minimum absolute atomic E-state index is 0.209. The van der Waals surface area contributed by atoms with Gasteiger partial charge in [0.25, 0.3) is 5.91 Å². The highest BCUT2D eigenvalue weighted by molar-refractivity contribution is 6.69. The number of nitrogens with zero attached hydrogens (tertiary/aromatic N) is 2. The van der Waals surface area contributed by atoms with E-state index < -0.39 is 5.91 Å². The highest BCUT2D eigenvalue weighted by atomic mass is 16.4. The fourth-order valence-corrected chi connectivity index (χ4v) is 2.67. The van der Waals surface area contributed by atoms with Crippen LogP contribution in [0, 0.1) is 0 Å². The number of oxime groups is 1. The molecule has 0 aliphatic rings. The van der Waals surface area contributed by atoms with E-state index in [4.69, 9.17) is 0 Å². The third kappa shape index (κ3) is 5.62. The first-order chi connectivity index (χ1) is 14.7. The number of amides is 1. The van der Waals surface area contributed by atoms with Crippen molar-refractivity contribution in [2.24, 2.45) is 10.3 Å². The molecule has 150 valence electrons. The molecule has 0 aliphatic heterocycles. The summed E-state index contributed by atoms with van der Waals surface area (Å²) < 4.78 is 0. The Morgan fingerprint density at radius 3 is 2.03 bits per heavy atom. The molecule has 0 unspecified atom stereocenters. The van der Waals surface area contributed by atoms with Gasteiger partial charge in [-0.15, -0.1) is 0 Å². The number of carbonyl (C=O) groups excluding carboxylic acids is 2. The van der Waals surface area contributed by atoms with Gasteiger partial charge in [0.2, 0.25) is 0 Å². The lowest BCUT2D eigenvalue weighted by atomic mass is 10.0. The summed E-state index contributed by atoms with van der Waals surface area (Å²) in [7, 11) is 0. The van der Waals surface area contributed by atoms with E-state index in [1.807, 2.05) is 36.4 Å². The third-order valence-corrected chi connectivity index (χ3v) is 4.20. The van der Waals surface area contributed by atoms with E-state index in [2.05, 4.69) is 21.0 Å². The highest BCUT2D eigenvalue weighted by Gasteiger charge is 2.20. The summed E-state index contributed by atoms with van der Waals surface area (Å²) in [5, 5.41) is 19.8. The van der Waals surface area contributed by atoms with Gasteiger partial charge in [-0.25, -0.2) is 0 Å². The van der Waals surface area contributed by atoms with Crippen LogP contribution in [-0.2, 0) is 11.2 Å². The minimum Gasteiger partial charge on any atom is -0.410 e. The van der Waals surface area contributed by atoms with Crippen LogP contribution in [0.3, 0.4) is 0 Å². The van der Waals surface area contributed by atoms with Gasteiger partial charge < -0.3 is 10.5 Å². The van der Waals surface area contributed by atoms with Crippen molar-refractivity contribution in [3.63, 3.8) is 0 Å². The fraction of sp³-hybridized carbons (Fsp3) is 0.0435. The van der Waals surface area contributed by atoms with Crippen LogP contribution in [0.1, 0.15) is 15.9 Å². The molecule has 3 N–H and O–H groups in total. The summed E-state index contributed by atoms with van der Waals surface area (Å²) in [4.78, 5) is 23.6. The van der Waals surface area contributed by atoms with Gasteiger partial charge >= 0.3 is 0 Å². The monoisotopic (exact) mass is 400 g/mol. The van der Waals surface area contributed by atoms with Crippen molar-refractivity contribution in [3.05, 3.63) is 96.1 Å². The molecule has 1 amide bonds. The second-order valence-corrected chi connectivity index (χ2v) is 6.34. The third-order valence-electron chi connectivity index (χ3n) is 4.20. The summed E-state index contributed by atoms with van der Waals surface area (Å²) in [6.07, 6.45) is 0.963. The standard InChI is InChI=1S/C23H20N4O3/c28-16-18-13-11-17(12-14-18)15-21(26-25-20-9-5-2-6-10-20)22(27-30)23(29)24-19-7-3-1-4-8-19/h1-14,16,25,30H,15H2,(H,24,29)/b26-21+,27-22-. The molecule has 3 aromatic carbocycles. The largest absolute Gasteiger partial charge is 0.410 e. The Balaban J connectivity index is 1.87. The Hall–Kier alpha value is -4.26. The maximum Gasteiger partial charge on any atom is 0.279 e. The van der Waals surface area contributed by atoms with Gasteiger partial charge in [-0.05, 0) is 29.8 Å². The molecule has 30 heavy (non-hydrogen) atoms. The molecule has 0 radical (unpaired) electrons. The zero-order valence-electron chi connectivity index (χ0n) is 16.0. The molecule has 3 rings (SSSR count). The smallest absolute Gasteiger partial charge is 0.279 e. The molecule has 0 spiro atoms. The summed E-state index contributed by atoms with van der Waals surface area (Å²) in [6.45, 7) is 0. The molecule has 0 fully saturated rings. The molecule has 0 atom stereocenters. The Morgan fingerprint density at radius 1 is 0.867 bits per heavy atom. The maximum absolute atomic E-state index is 12.7. The predicted octanol–water partition coefficient (Wildman–Crippen LogP) is 3.98. The van der Waals surface area contributed by atoms with E-state index in [0.717, 1.165) is 11.8 Å². The van der Waals surface area contributed by atoms with E-state index in [1.54, 1.807) is 48.5 Å². The molecule has 0 saturated carbocycles. The molecule has 0 bridgehead atoms. The first-order valence-corrected chi connectivity index (χ1v) is 9.20. The van der Waals surface area contributed by atoms with Gasteiger partial charge in [0.1, 0.15) is 6.29 Å². The van der Waals surface area contributed by atoms with Crippen molar-refractivity contribution in [2.45, 2.75) is 6.42 Å². The van der Waals surface area contributed by atoms with Gasteiger partial charge in [-0.3, -0.25) is 15.0 Å². The number of aldehydes is 1. The topological polar surface area (TPSA) is 103 Å². The molecule has 7 heteroatoms.